The molecule has 5 rings (SSSR count). The van der Waals surface area contributed by atoms with Gasteiger partial charge in [0.15, 0.2) is 0 Å². The number of amides is 3. The van der Waals surface area contributed by atoms with Gasteiger partial charge in [-0.3, -0.25) is 14.4 Å². The van der Waals surface area contributed by atoms with Crippen LogP contribution in [0.5, 0.6) is 0 Å². The van der Waals surface area contributed by atoms with Crippen molar-refractivity contribution < 1.29 is 19.5 Å². The van der Waals surface area contributed by atoms with Gasteiger partial charge >= 0.3 is 0 Å². The molecule has 3 saturated heterocycles. The van der Waals surface area contributed by atoms with Crippen LogP contribution in [0.3, 0.4) is 0 Å². The smallest absolute Gasteiger partial charge is 0.251 e. The van der Waals surface area contributed by atoms with Gasteiger partial charge in [0, 0.05) is 36.7 Å². The van der Waals surface area contributed by atoms with Crippen molar-refractivity contribution in [3.8, 4) is 0 Å². The van der Waals surface area contributed by atoms with E-state index in [1.807, 2.05) is 42.5 Å². The maximum Gasteiger partial charge on any atom is 0.251 e. The SMILES string of the molecule is C=CCN(C(=O)[C@H]1[C@H]2C(=O)N(CCCCO)C(C(=O)N(CC=C)c3ccccc3Cl)C23CC[C@]1(C)S3)c1ccccc1. The number of rotatable bonds is 12. The molecule has 5 atom stereocenters. The number of hydrogen-bond donors (Lipinski definition) is 1. The summed E-state index contributed by atoms with van der Waals surface area (Å²) >= 11 is 8.22. The quantitative estimate of drug-likeness (QED) is 0.261. The summed E-state index contributed by atoms with van der Waals surface area (Å²) in [6.45, 7) is 10.7. The third kappa shape index (κ3) is 4.97. The molecule has 3 amide bonds. The Labute approximate surface area is 257 Å². The topological polar surface area (TPSA) is 81.2 Å². The molecule has 7 nitrogen and oxygen atoms in total. The Balaban J connectivity index is 1.59. The molecule has 2 aromatic rings. The number of likely N-dealkylation sites (tertiary alicyclic amines) is 1. The highest BCUT2D eigenvalue weighted by molar-refractivity contribution is 8.02. The van der Waals surface area contributed by atoms with Gasteiger partial charge in [-0.1, -0.05) is 54.1 Å². The number of aliphatic hydroxyl groups excluding tert-OH is 1. The molecule has 0 aromatic heterocycles. The van der Waals surface area contributed by atoms with Crippen LogP contribution in [0.15, 0.2) is 79.9 Å². The zero-order valence-corrected chi connectivity index (χ0v) is 25.5. The highest BCUT2D eigenvalue weighted by atomic mass is 35.5. The second kappa shape index (κ2) is 12.3. The molecule has 222 valence electrons. The van der Waals surface area contributed by atoms with Crippen molar-refractivity contribution in [1.29, 1.82) is 0 Å². The zero-order valence-electron chi connectivity index (χ0n) is 24.0. The van der Waals surface area contributed by atoms with Crippen molar-refractivity contribution >= 4 is 52.5 Å². The molecular weight excluding hydrogens is 570 g/mol. The van der Waals surface area contributed by atoms with Crippen LogP contribution in [0.2, 0.25) is 5.02 Å². The number of thioether (sulfide) groups is 1. The van der Waals surface area contributed by atoms with Crippen LogP contribution < -0.4 is 9.80 Å². The fourth-order valence-electron chi connectivity index (χ4n) is 7.20. The number of nitrogens with zero attached hydrogens (tertiary/aromatic N) is 3. The summed E-state index contributed by atoms with van der Waals surface area (Å²) in [5.74, 6) is -1.75. The number of fused-ring (bicyclic) bond motifs is 1. The first-order valence-electron chi connectivity index (χ1n) is 14.5. The van der Waals surface area contributed by atoms with E-state index in [-0.39, 0.29) is 30.9 Å². The number of hydrogen-bond acceptors (Lipinski definition) is 5. The summed E-state index contributed by atoms with van der Waals surface area (Å²) in [5, 5.41) is 9.92. The van der Waals surface area contributed by atoms with E-state index in [9.17, 15) is 19.5 Å². The second-order valence-electron chi connectivity index (χ2n) is 11.5. The van der Waals surface area contributed by atoms with Gasteiger partial charge in [0.05, 0.1) is 27.3 Å². The molecule has 3 aliphatic rings. The summed E-state index contributed by atoms with van der Waals surface area (Å²) in [4.78, 5) is 48.7. The lowest BCUT2D eigenvalue weighted by atomic mass is 9.66. The molecule has 2 unspecified atom stereocenters. The van der Waals surface area contributed by atoms with Crippen LogP contribution in [0, 0.1) is 11.8 Å². The Kier molecular flexibility index (Phi) is 8.88. The van der Waals surface area contributed by atoms with Crippen molar-refractivity contribution in [3.05, 3.63) is 84.9 Å². The Morgan fingerprint density at radius 2 is 1.69 bits per heavy atom. The molecule has 0 saturated carbocycles. The van der Waals surface area contributed by atoms with E-state index in [0.717, 1.165) is 12.1 Å². The average Bonchev–Trinajstić information content (AvgIpc) is 3.55. The van der Waals surface area contributed by atoms with E-state index < -0.39 is 27.4 Å². The number of anilines is 2. The van der Waals surface area contributed by atoms with Gasteiger partial charge in [0.1, 0.15) is 6.04 Å². The minimum atomic E-state index is -0.779. The summed E-state index contributed by atoms with van der Waals surface area (Å²) < 4.78 is -1.27. The molecular formula is C33H38ClN3O4S. The van der Waals surface area contributed by atoms with Crippen LogP contribution >= 0.6 is 23.4 Å². The molecule has 1 spiro atoms. The van der Waals surface area contributed by atoms with Crippen molar-refractivity contribution in [2.45, 2.75) is 48.1 Å². The lowest BCUT2D eigenvalue weighted by Crippen LogP contribution is -2.55. The Hall–Kier alpha value is -3.07. The highest BCUT2D eigenvalue weighted by Crippen LogP contribution is 2.71. The number of carbonyl (C=O) groups excluding carboxylic acids is 3. The lowest BCUT2D eigenvalue weighted by molar-refractivity contribution is -0.139. The predicted molar refractivity (Wildman–Crippen MR) is 170 cm³/mol. The minimum absolute atomic E-state index is 0.00104. The Bertz CT molecular complexity index is 1370. The molecule has 3 heterocycles. The number of para-hydroxylation sites is 2. The normalized spacial score (nSPS) is 27.5. The van der Waals surface area contributed by atoms with Crippen molar-refractivity contribution in [2.24, 2.45) is 11.8 Å². The molecule has 9 heteroatoms. The van der Waals surface area contributed by atoms with Gasteiger partial charge in [-0.15, -0.1) is 24.9 Å². The molecule has 3 aliphatic heterocycles. The first-order chi connectivity index (χ1) is 20.2. The van der Waals surface area contributed by atoms with E-state index in [0.29, 0.717) is 43.1 Å². The molecule has 0 radical (unpaired) electrons. The second-order valence-corrected chi connectivity index (χ2v) is 13.8. The first-order valence-corrected chi connectivity index (χ1v) is 15.7. The van der Waals surface area contributed by atoms with E-state index in [4.69, 9.17) is 11.6 Å². The molecule has 3 fully saturated rings. The summed E-state index contributed by atoms with van der Waals surface area (Å²) in [5.41, 5.74) is 1.31. The fourth-order valence-corrected chi connectivity index (χ4v) is 9.78. The summed E-state index contributed by atoms with van der Waals surface area (Å²) in [6, 6.07) is 15.9. The first kappa shape index (κ1) is 30.4. The third-order valence-electron chi connectivity index (χ3n) is 8.95. The molecule has 1 N–H and O–H groups in total. The zero-order chi connectivity index (χ0) is 30.1. The van der Waals surface area contributed by atoms with Gasteiger partial charge in [-0.2, -0.15) is 0 Å². The largest absolute Gasteiger partial charge is 0.396 e. The van der Waals surface area contributed by atoms with E-state index in [2.05, 4.69) is 20.1 Å². The van der Waals surface area contributed by atoms with Gasteiger partial charge in [-0.25, -0.2) is 0 Å². The van der Waals surface area contributed by atoms with Crippen LogP contribution in [-0.4, -0.2) is 69.5 Å². The van der Waals surface area contributed by atoms with Gasteiger partial charge in [-0.05, 0) is 56.9 Å². The van der Waals surface area contributed by atoms with Gasteiger partial charge < -0.3 is 19.8 Å². The predicted octanol–water partition coefficient (Wildman–Crippen LogP) is 5.33. The van der Waals surface area contributed by atoms with Crippen LogP contribution in [-0.2, 0) is 14.4 Å². The maximum atomic E-state index is 14.7. The van der Waals surface area contributed by atoms with E-state index in [1.54, 1.807) is 50.7 Å². The molecule has 0 aliphatic carbocycles. The number of halogens is 1. The van der Waals surface area contributed by atoms with Gasteiger partial charge in [0.2, 0.25) is 11.8 Å². The van der Waals surface area contributed by atoms with Crippen LogP contribution in [0.4, 0.5) is 11.4 Å². The van der Waals surface area contributed by atoms with Crippen molar-refractivity contribution in [2.75, 3.05) is 36.0 Å². The lowest BCUT2D eigenvalue weighted by Gasteiger charge is -2.38. The number of unbranched alkanes of at least 4 members (excludes halogenated alkanes) is 1. The number of aliphatic hydroxyl groups is 1. The molecule has 2 bridgehead atoms. The van der Waals surface area contributed by atoms with E-state index in [1.165, 1.54) is 0 Å². The average molecular weight is 608 g/mol. The monoisotopic (exact) mass is 607 g/mol. The number of carbonyl (C=O) groups is 3. The third-order valence-corrected chi connectivity index (χ3v) is 11.3. The van der Waals surface area contributed by atoms with Gasteiger partial charge in [0.25, 0.3) is 5.91 Å². The van der Waals surface area contributed by atoms with E-state index >= 15 is 0 Å². The Morgan fingerprint density at radius 1 is 1.02 bits per heavy atom. The molecule has 42 heavy (non-hydrogen) atoms. The number of benzene rings is 2. The van der Waals surface area contributed by atoms with Crippen molar-refractivity contribution in [1.82, 2.24) is 4.90 Å². The molecule has 2 aromatic carbocycles. The standard InChI is InChI=1S/C33H38ClN3O4S/c1-4-19-35(23-13-7-6-8-14-23)29(39)26-27-30(40)37(21-11-12-22-38)28(33(27)18-17-32(26,3)42-33)31(41)36(20-5-2)25-16-10-9-15-24(25)34/h4-10,13-16,26-28,38H,1-2,11-12,17-22H2,3H3/t26-,27+,28?,32+,33?/m1/s1. The maximum absolute atomic E-state index is 14.7. The highest BCUT2D eigenvalue weighted by Gasteiger charge is 2.77. The minimum Gasteiger partial charge on any atom is -0.396 e. The summed E-state index contributed by atoms with van der Waals surface area (Å²) in [6.07, 6.45) is 5.79. The van der Waals surface area contributed by atoms with Crippen LogP contribution in [0.1, 0.15) is 32.6 Å². The fraction of sp³-hybridized carbons (Fsp3) is 0.424. The summed E-state index contributed by atoms with van der Waals surface area (Å²) in [7, 11) is 0. The Morgan fingerprint density at radius 3 is 2.36 bits per heavy atom. The van der Waals surface area contributed by atoms with Crippen molar-refractivity contribution in [3.63, 3.8) is 0 Å². The van der Waals surface area contributed by atoms with Crippen LogP contribution in [0.25, 0.3) is 0 Å².